The van der Waals surface area contributed by atoms with Crippen LogP contribution in [0.25, 0.3) is 5.70 Å². The highest BCUT2D eigenvalue weighted by molar-refractivity contribution is 5.84. The lowest BCUT2D eigenvalue weighted by Gasteiger charge is -2.35. The summed E-state index contributed by atoms with van der Waals surface area (Å²) in [6, 6.07) is 15.4. The number of hydrogen-bond donors (Lipinski definition) is 2. The first-order valence-corrected chi connectivity index (χ1v) is 9.67. The van der Waals surface area contributed by atoms with Crippen molar-refractivity contribution in [3.05, 3.63) is 65.7 Å². The summed E-state index contributed by atoms with van der Waals surface area (Å²) in [7, 11) is 1.65. The molecule has 0 atom stereocenters. The van der Waals surface area contributed by atoms with Crippen LogP contribution in [0.4, 0.5) is 10.5 Å². The highest BCUT2D eigenvalue weighted by atomic mass is 16.7. The van der Waals surface area contributed by atoms with E-state index in [-0.39, 0.29) is 0 Å². The van der Waals surface area contributed by atoms with Crippen LogP contribution in [0.5, 0.6) is 5.75 Å². The van der Waals surface area contributed by atoms with E-state index in [1.165, 1.54) is 0 Å². The third-order valence-corrected chi connectivity index (χ3v) is 5.23. The second-order valence-corrected chi connectivity index (χ2v) is 7.36. The number of carbonyl (C=O) groups is 1. The lowest BCUT2D eigenvalue weighted by atomic mass is 9.91. The zero-order valence-electron chi connectivity index (χ0n) is 16.6. The largest absolute Gasteiger partial charge is 0.497 e. The monoisotopic (exact) mass is 395 g/mol. The van der Waals surface area contributed by atoms with Crippen LogP contribution in [-0.4, -0.2) is 37.0 Å². The van der Waals surface area contributed by atoms with Gasteiger partial charge in [0, 0.05) is 24.3 Å². The summed E-state index contributed by atoms with van der Waals surface area (Å²) in [5.74, 6) is 0.800. The normalized spacial score (nSPS) is 18.1. The Morgan fingerprint density at radius 1 is 1.17 bits per heavy atom. The van der Waals surface area contributed by atoms with Gasteiger partial charge in [-0.2, -0.15) is 0 Å². The molecule has 1 saturated heterocycles. The van der Waals surface area contributed by atoms with E-state index in [2.05, 4.69) is 16.9 Å². The van der Waals surface area contributed by atoms with Gasteiger partial charge >= 0.3 is 6.09 Å². The van der Waals surface area contributed by atoms with Crippen molar-refractivity contribution in [1.29, 1.82) is 0 Å². The maximum Gasteiger partial charge on any atom is 0.430 e. The van der Waals surface area contributed by atoms with Gasteiger partial charge in [-0.25, -0.2) is 4.79 Å². The zero-order chi connectivity index (χ0) is 20.3. The Balaban J connectivity index is 1.32. The number of hydroxylamine groups is 3. The second kappa shape index (κ2) is 8.14. The molecule has 0 bridgehead atoms. The van der Waals surface area contributed by atoms with Gasteiger partial charge in [-0.1, -0.05) is 29.8 Å². The Morgan fingerprint density at radius 2 is 1.93 bits per heavy atom. The fourth-order valence-corrected chi connectivity index (χ4v) is 3.51. The number of amides is 1. The van der Waals surface area contributed by atoms with Gasteiger partial charge in [-0.05, 0) is 50.1 Å². The summed E-state index contributed by atoms with van der Waals surface area (Å²) in [5, 5.41) is 4.42. The third-order valence-electron chi connectivity index (χ3n) is 5.23. The lowest BCUT2D eigenvalue weighted by molar-refractivity contribution is -0.153. The predicted molar refractivity (Wildman–Crippen MR) is 110 cm³/mol. The average molecular weight is 395 g/mol. The highest BCUT2D eigenvalue weighted by Gasteiger charge is 2.39. The van der Waals surface area contributed by atoms with Crippen molar-refractivity contribution in [2.24, 2.45) is 0 Å². The van der Waals surface area contributed by atoms with E-state index >= 15 is 0 Å². The van der Waals surface area contributed by atoms with Crippen LogP contribution in [0.2, 0.25) is 0 Å². The van der Waals surface area contributed by atoms with E-state index in [0.717, 1.165) is 22.6 Å². The number of nitrogens with one attached hydrogen (secondary N) is 2. The number of aryl methyl sites for hydroxylation is 1. The Hall–Kier alpha value is -3.03. The SMILES string of the molecule is COc1cccc(C2=CC3(CCN(OC(=O)Nc4ccc(C)cc4)CC3)ON2)c1. The van der Waals surface area contributed by atoms with Crippen molar-refractivity contribution < 1.29 is 19.2 Å². The van der Waals surface area contributed by atoms with Gasteiger partial charge in [0.15, 0.2) is 0 Å². The van der Waals surface area contributed by atoms with Crippen molar-refractivity contribution in [3.8, 4) is 5.75 Å². The molecule has 2 aliphatic rings. The zero-order valence-corrected chi connectivity index (χ0v) is 16.6. The van der Waals surface area contributed by atoms with Crippen molar-refractivity contribution in [3.63, 3.8) is 0 Å². The molecule has 7 nitrogen and oxygen atoms in total. The maximum absolute atomic E-state index is 12.1. The third kappa shape index (κ3) is 4.52. The smallest absolute Gasteiger partial charge is 0.430 e. The number of hydrogen-bond acceptors (Lipinski definition) is 6. The van der Waals surface area contributed by atoms with Crippen molar-refractivity contribution in [2.75, 3.05) is 25.5 Å². The molecule has 2 aromatic rings. The van der Waals surface area contributed by atoms with Crippen LogP contribution in [0.15, 0.2) is 54.6 Å². The van der Waals surface area contributed by atoms with Gasteiger partial charge < -0.3 is 9.57 Å². The minimum Gasteiger partial charge on any atom is -0.497 e. The second-order valence-electron chi connectivity index (χ2n) is 7.36. The summed E-state index contributed by atoms with van der Waals surface area (Å²) in [4.78, 5) is 23.5. The van der Waals surface area contributed by atoms with Gasteiger partial charge in [0.25, 0.3) is 0 Å². The minimum absolute atomic E-state index is 0.397. The molecule has 0 aromatic heterocycles. The molecule has 1 fully saturated rings. The van der Waals surface area contributed by atoms with Gasteiger partial charge in [0.1, 0.15) is 11.4 Å². The maximum atomic E-state index is 12.1. The molecule has 2 N–H and O–H groups in total. The molecular formula is C22H25N3O4. The summed E-state index contributed by atoms with van der Waals surface area (Å²) >= 11 is 0. The fraction of sp³-hybridized carbons (Fsp3) is 0.318. The van der Waals surface area contributed by atoms with Crippen LogP contribution >= 0.6 is 0 Å². The fourth-order valence-electron chi connectivity index (χ4n) is 3.51. The Kier molecular flexibility index (Phi) is 5.42. The molecular weight excluding hydrogens is 370 g/mol. The van der Waals surface area contributed by atoms with Crippen LogP contribution in [0.3, 0.4) is 0 Å². The van der Waals surface area contributed by atoms with Crippen molar-refractivity contribution in [1.82, 2.24) is 10.5 Å². The van der Waals surface area contributed by atoms with Crippen molar-refractivity contribution >= 4 is 17.5 Å². The minimum atomic E-state index is -0.483. The molecule has 2 aliphatic heterocycles. The first-order valence-electron chi connectivity index (χ1n) is 9.67. The average Bonchev–Trinajstić information content (AvgIpc) is 3.15. The van der Waals surface area contributed by atoms with Gasteiger partial charge in [-0.15, -0.1) is 5.06 Å². The van der Waals surface area contributed by atoms with E-state index < -0.39 is 11.7 Å². The predicted octanol–water partition coefficient (Wildman–Crippen LogP) is 3.88. The van der Waals surface area contributed by atoms with Crippen molar-refractivity contribution in [2.45, 2.75) is 25.4 Å². The van der Waals surface area contributed by atoms with Crippen LogP contribution in [0, 0.1) is 6.92 Å². The summed E-state index contributed by atoms with van der Waals surface area (Å²) < 4.78 is 5.29. The first-order chi connectivity index (χ1) is 14.0. The molecule has 2 heterocycles. The summed E-state index contributed by atoms with van der Waals surface area (Å²) in [5.41, 5.74) is 6.43. The molecule has 0 radical (unpaired) electrons. The summed E-state index contributed by atoms with van der Waals surface area (Å²) in [6.07, 6.45) is 3.06. The van der Waals surface area contributed by atoms with Crippen LogP contribution in [-0.2, 0) is 9.68 Å². The van der Waals surface area contributed by atoms with Crippen LogP contribution in [0.1, 0.15) is 24.0 Å². The Bertz CT molecular complexity index is 903. The number of ether oxygens (including phenoxy) is 1. The Morgan fingerprint density at radius 3 is 2.66 bits per heavy atom. The number of piperidine rings is 1. The molecule has 7 heteroatoms. The van der Waals surface area contributed by atoms with Gasteiger partial charge in [0.2, 0.25) is 0 Å². The molecule has 29 heavy (non-hydrogen) atoms. The molecule has 152 valence electrons. The molecule has 2 aromatic carbocycles. The van der Waals surface area contributed by atoms with E-state index in [1.54, 1.807) is 12.2 Å². The standard InChI is InChI=1S/C22H25N3O4/c1-16-6-8-18(9-7-16)23-21(26)28-25-12-10-22(11-13-25)15-20(24-29-22)17-4-3-5-19(14-17)27-2/h3-9,14-15,24H,10-13H2,1-2H3,(H,23,26). The lowest BCUT2D eigenvalue weighted by Crippen LogP contribution is -2.45. The summed E-state index contributed by atoms with van der Waals surface area (Å²) in [6.45, 7) is 3.18. The van der Waals surface area contributed by atoms with E-state index in [0.29, 0.717) is 31.6 Å². The quantitative estimate of drug-likeness (QED) is 0.819. The molecule has 0 aliphatic carbocycles. The van der Waals surface area contributed by atoms with E-state index in [1.807, 2.05) is 55.5 Å². The number of anilines is 1. The highest BCUT2D eigenvalue weighted by Crippen LogP contribution is 2.35. The van der Waals surface area contributed by atoms with Gasteiger partial charge in [-0.3, -0.25) is 15.6 Å². The number of carbonyl (C=O) groups excluding carboxylic acids is 1. The number of benzene rings is 2. The Labute approximate surface area is 170 Å². The molecule has 4 rings (SSSR count). The number of rotatable bonds is 4. The molecule has 0 unspecified atom stereocenters. The first kappa shape index (κ1) is 19.3. The van der Waals surface area contributed by atoms with E-state index in [9.17, 15) is 4.79 Å². The van der Waals surface area contributed by atoms with Gasteiger partial charge in [0.05, 0.1) is 12.8 Å². The van der Waals surface area contributed by atoms with E-state index in [4.69, 9.17) is 14.4 Å². The molecule has 0 saturated carbocycles. The number of nitrogens with zero attached hydrogens (tertiary/aromatic N) is 1. The number of methoxy groups -OCH3 is 1. The van der Waals surface area contributed by atoms with Crippen LogP contribution < -0.4 is 15.5 Å². The molecule has 1 amide bonds. The topological polar surface area (TPSA) is 72.1 Å². The molecule has 1 spiro atoms.